The number of allylic oxidation sites excluding steroid dienone is 1. The van der Waals surface area contributed by atoms with Crippen molar-refractivity contribution in [1.29, 1.82) is 0 Å². The van der Waals surface area contributed by atoms with Crippen LogP contribution in [0.1, 0.15) is 24.0 Å². The molecular weight excluding hydrogens is 378 g/mol. The number of para-hydroxylation sites is 1. The molecule has 5 rings (SSSR count). The van der Waals surface area contributed by atoms with Crippen molar-refractivity contribution < 1.29 is 19.0 Å². The summed E-state index contributed by atoms with van der Waals surface area (Å²) in [5, 5.41) is 0. The Kier molecular flexibility index (Phi) is 4.58. The van der Waals surface area contributed by atoms with Crippen molar-refractivity contribution >= 4 is 5.78 Å². The van der Waals surface area contributed by atoms with Gasteiger partial charge in [-0.2, -0.15) is 0 Å². The number of piperidine rings is 1. The number of benzene rings is 2. The Morgan fingerprint density at radius 3 is 2.60 bits per heavy atom. The largest absolute Gasteiger partial charge is 0.493 e. The van der Waals surface area contributed by atoms with Crippen molar-refractivity contribution in [1.82, 2.24) is 4.90 Å². The lowest BCUT2D eigenvalue weighted by Gasteiger charge is -2.56. The molecule has 2 aliphatic carbocycles. The van der Waals surface area contributed by atoms with Gasteiger partial charge in [0.2, 0.25) is 0 Å². The molecule has 1 fully saturated rings. The number of hydrogen-bond acceptors (Lipinski definition) is 5. The number of carbonyl (C=O) groups is 1. The van der Waals surface area contributed by atoms with Crippen LogP contribution in [0.2, 0.25) is 0 Å². The van der Waals surface area contributed by atoms with Gasteiger partial charge >= 0.3 is 0 Å². The topological polar surface area (TPSA) is 48.0 Å². The molecule has 156 valence electrons. The highest BCUT2D eigenvalue weighted by Crippen LogP contribution is 2.58. The van der Waals surface area contributed by atoms with Gasteiger partial charge in [-0.25, -0.2) is 0 Å². The second kappa shape index (κ2) is 7.17. The number of hydrogen-bond donors (Lipinski definition) is 0. The van der Waals surface area contributed by atoms with Crippen LogP contribution in [0.3, 0.4) is 0 Å². The van der Waals surface area contributed by atoms with Gasteiger partial charge in [-0.05, 0) is 56.3 Å². The minimum atomic E-state index is -0.303. The number of ketones is 1. The van der Waals surface area contributed by atoms with Crippen LogP contribution in [0.25, 0.3) is 0 Å². The normalized spacial score (nSPS) is 27.6. The van der Waals surface area contributed by atoms with E-state index in [4.69, 9.17) is 14.2 Å². The number of methoxy groups -OCH3 is 2. The number of nitrogens with zero attached hydrogens (tertiary/aromatic N) is 1. The minimum Gasteiger partial charge on any atom is -0.493 e. The van der Waals surface area contributed by atoms with E-state index in [1.807, 2.05) is 36.4 Å². The van der Waals surface area contributed by atoms with Gasteiger partial charge in [0.15, 0.2) is 23.0 Å². The Balaban J connectivity index is 1.73. The van der Waals surface area contributed by atoms with Crippen LogP contribution in [0.4, 0.5) is 0 Å². The Hall–Kier alpha value is -2.79. The van der Waals surface area contributed by atoms with Crippen LogP contribution in [0.15, 0.2) is 54.3 Å². The Morgan fingerprint density at radius 2 is 1.87 bits per heavy atom. The van der Waals surface area contributed by atoms with Gasteiger partial charge < -0.3 is 19.1 Å². The van der Waals surface area contributed by atoms with E-state index in [2.05, 4.69) is 24.1 Å². The second-order valence-electron chi connectivity index (χ2n) is 8.57. The summed E-state index contributed by atoms with van der Waals surface area (Å²) in [7, 11) is 5.44. The van der Waals surface area contributed by atoms with Crippen molar-refractivity contribution in [3.63, 3.8) is 0 Å². The zero-order valence-corrected chi connectivity index (χ0v) is 17.7. The highest BCUT2D eigenvalue weighted by molar-refractivity contribution is 5.96. The highest BCUT2D eigenvalue weighted by atomic mass is 16.5. The zero-order chi connectivity index (χ0) is 20.9. The third-order valence-electron chi connectivity index (χ3n) is 7.15. The highest BCUT2D eigenvalue weighted by Gasteiger charge is 2.56. The van der Waals surface area contributed by atoms with Crippen LogP contribution in [0, 0.1) is 5.92 Å². The standard InChI is InChI=1S/C25H27NO4/c1-26-12-11-25-15-20(27)22(29-3)14-18(25)19(26)13-16-9-10-21(28-2)24(23(16)25)30-17-7-5-4-6-8-17/h4-10,14,18-19H,11-13,15H2,1-3H3/t18-,19+,25-/m1/s1. The van der Waals surface area contributed by atoms with E-state index in [1.165, 1.54) is 5.56 Å². The van der Waals surface area contributed by atoms with E-state index in [9.17, 15) is 4.79 Å². The summed E-state index contributed by atoms with van der Waals surface area (Å²) in [6.07, 6.45) is 4.32. The van der Waals surface area contributed by atoms with E-state index in [-0.39, 0.29) is 17.1 Å². The van der Waals surface area contributed by atoms with Gasteiger partial charge in [-0.1, -0.05) is 24.3 Å². The smallest absolute Gasteiger partial charge is 0.197 e. The minimum absolute atomic E-state index is 0.0679. The lowest BCUT2D eigenvalue weighted by molar-refractivity contribution is -0.122. The number of carbonyl (C=O) groups excluding carboxylic acids is 1. The van der Waals surface area contributed by atoms with Gasteiger partial charge in [-0.15, -0.1) is 0 Å². The van der Waals surface area contributed by atoms with Gasteiger partial charge in [0.05, 0.1) is 14.2 Å². The first kappa shape index (κ1) is 19.2. The maximum atomic E-state index is 13.0. The maximum Gasteiger partial charge on any atom is 0.197 e. The third-order valence-corrected chi connectivity index (χ3v) is 7.15. The summed E-state index contributed by atoms with van der Waals surface area (Å²) in [6, 6.07) is 14.3. The molecule has 0 aromatic heterocycles. The molecule has 0 spiro atoms. The van der Waals surface area contributed by atoms with Crippen molar-refractivity contribution in [2.24, 2.45) is 5.92 Å². The van der Waals surface area contributed by atoms with Crippen LogP contribution in [-0.2, 0) is 21.4 Å². The summed E-state index contributed by atoms with van der Waals surface area (Å²) >= 11 is 0. The fourth-order valence-electron chi connectivity index (χ4n) is 5.72. The Labute approximate surface area is 177 Å². The Bertz CT molecular complexity index is 1020. The number of fused-ring (bicyclic) bond motifs is 1. The molecule has 0 unspecified atom stereocenters. The summed E-state index contributed by atoms with van der Waals surface area (Å²) in [5.74, 6) is 2.98. The lowest BCUT2D eigenvalue weighted by Crippen LogP contribution is -2.60. The van der Waals surface area contributed by atoms with Crippen LogP contribution < -0.4 is 9.47 Å². The summed E-state index contributed by atoms with van der Waals surface area (Å²) in [5.41, 5.74) is 2.08. The number of ether oxygens (including phenoxy) is 3. The first-order valence-electron chi connectivity index (χ1n) is 10.5. The summed E-state index contributed by atoms with van der Waals surface area (Å²) in [6.45, 7) is 0.950. The molecule has 2 bridgehead atoms. The SMILES string of the molecule is COC1=C[C@@H]2[C@@H]3Cc4ccc(OC)c(Oc5ccccc5)c4[C@]2(CCN3C)CC1=O. The van der Waals surface area contributed by atoms with Gasteiger partial charge in [0.1, 0.15) is 5.75 Å². The van der Waals surface area contributed by atoms with E-state index in [0.29, 0.717) is 24.0 Å². The molecule has 1 heterocycles. The van der Waals surface area contributed by atoms with Gasteiger partial charge in [0.25, 0.3) is 0 Å². The number of likely N-dealkylation sites (tertiary alicyclic amines) is 1. The first-order valence-corrected chi connectivity index (χ1v) is 10.5. The van der Waals surface area contributed by atoms with Crippen LogP contribution in [0.5, 0.6) is 17.2 Å². The molecule has 3 atom stereocenters. The predicted molar refractivity (Wildman–Crippen MR) is 114 cm³/mol. The Morgan fingerprint density at radius 1 is 1.07 bits per heavy atom. The average molecular weight is 405 g/mol. The maximum absolute atomic E-state index is 13.0. The monoisotopic (exact) mass is 405 g/mol. The molecule has 5 heteroatoms. The lowest BCUT2D eigenvalue weighted by atomic mass is 9.53. The molecule has 0 radical (unpaired) electrons. The van der Waals surface area contributed by atoms with Crippen molar-refractivity contribution in [2.75, 3.05) is 27.8 Å². The predicted octanol–water partition coefficient (Wildman–Crippen LogP) is 4.10. The molecule has 2 aromatic rings. The van der Waals surface area contributed by atoms with E-state index in [1.54, 1.807) is 14.2 Å². The fourth-order valence-corrected chi connectivity index (χ4v) is 5.72. The van der Waals surface area contributed by atoms with Crippen molar-refractivity contribution in [3.05, 3.63) is 65.4 Å². The van der Waals surface area contributed by atoms with E-state index < -0.39 is 0 Å². The molecule has 3 aliphatic rings. The first-order chi connectivity index (χ1) is 14.6. The summed E-state index contributed by atoms with van der Waals surface area (Å²) in [4.78, 5) is 15.4. The molecular formula is C25H27NO4. The summed E-state index contributed by atoms with van der Waals surface area (Å²) < 4.78 is 17.6. The van der Waals surface area contributed by atoms with E-state index >= 15 is 0 Å². The van der Waals surface area contributed by atoms with Gasteiger partial charge in [0, 0.05) is 29.4 Å². The molecule has 0 amide bonds. The number of rotatable bonds is 4. The quantitative estimate of drug-likeness (QED) is 0.766. The molecule has 0 saturated carbocycles. The van der Waals surface area contributed by atoms with E-state index in [0.717, 1.165) is 36.4 Å². The molecule has 1 aliphatic heterocycles. The molecule has 5 nitrogen and oxygen atoms in total. The molecule has 1 saturated heterocycles. The van der Waals surface area contributed by atoms with Gasteiger partial charge in [-0.3, -0.25) is 4.79 Å². The number of Topliss-reactive ketones (excluding diaryl/α,β-unsaturated/α-hetero) is 1. The van der Waals surface area contributed by atoms with Crippen molar-refractivity contribution in [3.8, 4) is 17.2 Å². The molecule has 0 N–H and O–H groups in total. The number of likely N-dealkylation sites (N-methyl/N-ethyl adjacent to an activating group) is 1. The van der Waals surface area contributed by atoms with Crippen LogP contribution in [-0.4, -0.2) is 44.5 Å². The van der Waals surface area contributed by atoms with Crippen molar-refractivity contribution in [2.45, 2.75) is 30.7 Å². The average Bonchev–Trinajstić information content (AvgIpc) is 2.76. The third kappa shape index (κ3) is 2.76. The van der Waals surface area contributed by atoms with Crippen LogP contribution >= 0.6 is 0 Å². The molecule has 30 heavy (non-hydrogen) atoms. The molecule has 2 aromatic carbocycles. The zero-order valence-electron chi connectivity index (χ0n) is 17.7. The second-order valence-corrected chi connectivity index (χ2v) is 8.57. The fraction of sp³-hybridized carbons (Fsp3) is 0.400.